The number of carbonyl (C=O) groups excluding carboxylic acids is 6. The third-order valence-electron chi connectivity index (χ3n) is 14.7. The van der Waals surface area contributed by atoms with E-state index >= 15 is 0 Å². The molecule has 0 aromatic carbocycles. The van der Waals surface area contributed by atoms with Crippen LogP contribution in [0.15, 0.2) is 0 Å². The molecule has 6 aliphatic heterocycles. The van der Waals surface area contributed by atoms with Gasteiger partial charge in [-0.25, -0.2) is 0 Å². The Bertz CT molecular complexity index is 2200. The first kappa shape index (κ1) is 68.0. The fourth-order valence-electron chi connectivity index (χ4n) is 10.9. The van der Waals surface area contributed by atoms with E-state index in [1.807, 2.05) is 0 Å². The zero-order valence-corrected chi connectivity index (χ0v) is 46.5. The van der Waals surface area contributed by atoms with Crippen LogP contribution in [0.25, 0.3) is 0 Å². The number of hydrogen-bond donors (Lipinski definition) is 18. The number of aliphatic hydroxyl groups excluding tert-OH is 12. The minimum Gasteiger partial charge on any atom is -0.394 e. The molecule has 6 fully saturated rings. The first-order chi connectivity index (χ1) is 39.0. The Kier molecular flexibility index (Phi) is 24.2. The molecule has 83 heavy (non-hydrogen) atoms. The number of aliphatic hydroxyl groups is 12. The first-order valence-electron chi connectivity index (χ1n) is 26.8. The molecule has 0 aromatic rings. The minimum atomic E-state index is -1.98. The van der Waals surface area contributed by atoms with Gasteiger partial charge in [0.15, 0.2) is 37.7 Å². The SMILES string of the molecule is CC(=O)N[C@@H]1[C@H](O[C@H]2[C@H](O)[C@@H](CO)O[C@@H](O[C@H]3[C@@H](O)[C@@H](CO)O[C@H](O[C@H]4[C@H](NC(C)=O)[C@@H](O)O[C@@H]4[C@H](C)O)[C@@H]3NC(C)=O)[C@@H]2NC(C)=O)O[C@@H](C)[C@@H](O)[C@H]1O[C@H]1O[C@H](CO)[C@H](O)[C@H](O[C@@H]2O[C@H](CO)[C@@H](O)[C@H](O)[C@H]2NC(C)=O)[C@H]1NC(C)=O. The summed E-state index contributed by atoms with van der Waals surface area (Å²) < 4.78 is 66.9. The van der Waals surface area contributed by atoms with Crippen LogP contribution in [0.3, 0.4) is 0 Å². The number of nitrogens with one attached hydrogen (secondary N) is 6. The van der Waals surface area contributed by atoms with Gasteiger partial charge in [-0.1, -0.05) is 0 Å². The molecule has 0 spiro atoms. The van der Waals surface area contributed by atoms with Gasteiger partial charge in [0.1, 0.15) is 134 Å². The van der Waals surface area contributed by atoms with E-state index in [0.29, 0.717) is 0 Å². The zero-order chi connectivity index (χ0) is 61.6. The van der Waals surface area contributed by atoms with Crippen molar-refractivity contribution in [1.82, 2.24) is 31.9 Å². The monoisotopic (exact) mass is 1200 g/mol. The molecule has 30 atom stereocenters. The fourth-order valence-corrected chi connectivity index (χ4v) is 10.9. The first-order valence-corrected chi connectivity index (χ1v) is 26.8. The third-order valence-corrected chi connectivity index (χ3v) is 14.7. The molecule has 0 unspecified atom stereocenters. The van der Waals surface area contributed by atoms with Gasteiger partial charge >= 0.3 is 0 Å². The lowest BCUT2D eigenvalue weighted by Crippen LogP contribution is -2.73. The van der Waals surface area contributed by atoms with E-state index in [1.165, 1.54) is 13.8 Å². The smallest absolute Gasteiger partial charge is 0.217 e. The van der Waals surface area contributed by atoms with Crippen LogP contribution >= 0.6 is 0 Å². The van der Waals surface area contributed by atoms with Gasteiger partial charge in [0.25, 0.3) is 0 Å². The van der Waals surface area contributed by atoms with E-state index < -0.39 is 246 Å². The molecule has 6 aliphatic rings. The van der Waals surface area contributed by atoms with Gasteiger partial charge in [0.05, 0.1) is 38.6 Å². The van der Waals surface area contributed by atoms with Gasteiger partial charge in [-0.2, -0.15) is 0 Å². The normalized spacial score (nSPS) is 44.2. The van der Waals surface area contributed by atoms with Crippen LogP contribution in [0.1, 0.15) is 55.4 Å². The van der Waals surface area contributed by atoms with E-state index in [4.69, 9.17) is 52.1 Å². The van der Waals surface area contributed by atoms with Crippen LogP contribution < -0.4 is 31.9 Å². The Morgan fingerprint density at radius 3 is 0.952 bits per heavy atom. The van der Waals surface area contributed by atoms with Crippen molar-refractivity contribution >= 4 is 35.4 Å². The van der Waals surface area contributed by atoms with Gasteiger partial charge in [-0.3, -0.25) is 28.8 Å². The maximum Gasteiger partial charge on any atom is 0.217 e. The maximum atomic E-state index is 13.2. The highest BCUT2D eigenvalue weighted by Crippen LogP contribution is 2.38. The number of hydrogen-bond acceptors (Lipinski definition) is 29. The third kappa shape index (κ3) is 15.9. The largest absolute Gasteiger partial charge is 0.394 e. The second-order valence-corrected chi connectivity index (χ2v) is 21.1. The van der Waals surface area contributed by atoms with E-state index in [9.17, 15) is 90.0 Å². The lowest BCUT2D eigenvalue weighted by atomic mass is 9.92. The van der Waals surface area contributed by atoms with Crippen LogP contribution in [-0.2, 0) is 80.9 Å². The molecule has 0 radical (unpaired) electrons. The van der Waals surface area contributed by atoms with Crippen LogP contribution in [0.2, 0.25) is 0 Å². The lowest BCUT2D eigenvalue weighted by molar-refractivity contribution is -0.362. The standard InChI is InChI=1S/C48H80N6O29/c1-13(59)37-42(26(43(72)78-37)50-16(4)61)83-48-30(54-20(8)65)41(35(70)24(12-58)77-48)82-47-29(53-19(7)64)40(34(69)23(11-57)76-47)81-45-27(51-17(5)62)38(31(66)14(2)73-45)79-46-28(52-18(6)63)39(33(68)22(10-56)75-46)80-44-25(49-15(3)60)36(71)32(67)21(9-55)74-44/h13-14,21-48,55-59,66-72H,9-12H2,1-8H3,(H,49,60)(H,50,61)(H,51,62)(H,52,63)(H,53,64)(H,54,65)/t13-,14-,21+,22+,23+,24+,25+,26-,27-,28+,29+,30+,31+,32+,33-,34+,35-,36+,37+,38-,39+,40+,41+,42-,43-,44-,45-,46+,47-,48+/m0/s1. The molecule has 0 bridgehead atoms. The van der Waals surface area contributed by atoms with E-state index in [-0.39, 0.29) is 0 Å². The van der Waals surface area contributed by atoms with Crippen molar-refractivity contribution in [3.05, 3.63) is 0 Å². The molecule has 6 saturated heterocycles. The number of carbonyl (C=O) groups is 6. The van der Waals surface area contributed by atoms with Gasteiger partial charge in [0, 0.05) is 41.5 Å². The zero-order valence-electron chi connectivity index (χ0n) is 46.5. The molecule has 6 heterocycles. The van der Waals surface area contributed by atoms with Crippen molar-refractivity contribution in [2.75, 3.05) is 26.4 Å². The van der Waals surface area contributed by atoms with E-state index in [0.717, 1.165) is 41.5 Å². The van der Waals surface area contributed by atoms with Crippen LogP contribution in [0, 0.1) is 0 Å². The summed E-state index contributed by atoms with van der Waals surface area (Å²) in [6.45, 7) is 5.18. The summed E-state index contributed by atoms with van der Waals surface area (Å²) in [6, 6.07) is -9.82. The Balaban J connectivity index is 1.36. The molecule has 6 rings (SSSR count). The van der Waals surface area contributed by atoms with Gasteiger partial charge in [-0.15, -0.1) is 0 Å². The molecule has 35 heteroatoms. The average molecular weight is 1210 g/mol. The van der Waals surface area contributed by atoms with Crippen molar-refractivity contribution in [2.24, 2.45) is 0 Å². The van der Waals surface area contributed by atoms with Crippen molar-refractivity contribution in [3.8, 4) is 0 Å². The summed E-state index contributed by atoms with van der Waals surface area (Å²) >= 11 is 0. The highest BCUT2D eigenvalue weighted by atomic mass is 16.8. The fraction of sp³-hybridized carbons (Fsp3) is 0.875. The topological polar surface area (TPSA) is 519 Å². The Morgan fingerprint density at radius 1 is 0.373 bits per heavy atom. The summed E-state index contributed by atoms with van der Waals surface area (Å²) in [5, 5.41) is 147. The minimum absolute atomic E-state index is 0.656. The Morgan fingerprint density at radius 2 is 0.639 bits per heavy atom. The van der Waals surface area contributed by atoms with E-state index in [1.54, 1.807) is 0 Å². The van der Waals surface area contributed by atoms with Crippen molar-refractivity contribution in [2.45, 2.75) is 239 Å². The number of amides is 6. The molecule has 0 aliphatic carbocycles. The molecule has 18 N–H and O–H groups in total. The molecule has 0 saturated carbocycles. The molecule has 0 aromatic heterocycles. The molecular weight excluding hydrogens is 1120 g/mol. The number of rotatable bonds is 21. The van der Waals surface area contributed by atoms with Crippen molar-refractivity contribution < 1.29 is 142 Å². The highest BCUT2D eigenvalue weighted by molar-refractivity contribution is 5.75. The number of ether oxygens (including phenoxy) is 11. The summed E-state index contributed by atoms with van der Waals surface area (Å²) in [6.07, 6.45) is -41.8. The summed E-state index contributed by atoms with van der Waals surface area (Å²) in [5.74, 6) is -4.68. The summed E-state index contributed by atoms with van der Waals surface area (Å²) in [7, 11) is 0. The molecule has 6 amide bonds. The van der Waals surface area contributed by atoms with Gasteiger partial charge in [0.2, 0.25) is 35.4 Å². The van der Waals surface area contributed by atoms with Gasteiger partial charge in [-0.05, 0) is 13.8 Å². The molecule has 476 valence electrons. The van der Waals surface area contributed by atoms with Gasteiger partial charge < -0.3 is 145 Å². The van der Waals surface area contributed by atoms with E-state index in [2.05, 4.69) is 31.9 Å². The predicted octanol–water partition coefficient (Wildman–Crippen LogP) is -11.2. The van der Waals surface area contributed by atoms with Crippen molar-refractivity contribution in [1.29, 1.82) is 0 Å². The van der Waals surface area contributed by atoms with Crippen LogP contribution in [-0.4, -0.2) is 307 Å². The average Bonchev–Trinajstić information content (AvgIpc) is 2.59. The Hall–Kier alpha value is -4.10. The van der Waals surface area contributed by atoms with Crippen molar-refractivity contribution in [3.63, 3.8) is 0 Å². The second-order valence-electron chi connectivity index (χ2n) is 21.1. The quantitative estimate of drug-likeness (QED) is 0.0507. The summed E-state index contributed by atoms with van der Waals surface area (Å²) in [4.78, 5) is 76.7. The Labute approximate surface area is 474 Å². The molecular formula is C48H80N6O29. The van der Waals surface area contributed by atoms with Crippen LogP contribution in [0.5, 0.6) is 0 Å². The summed E-state index contributed by atoms with van der Waals surface area (Å²) in [5.41, 5.74) is 0. The highest BCUT2D eigenvalue weighted by Gasteiger charge is 2.59. The predicted molar refractivity (Wildman–Crippen MR) is 266 cm³/mol. The lowest BCUT2D eigenvalue weighted by Gasteiger charge is -2.52. The molecule has 35 nitrogen and oxygen atoms in total. The second kappa shape index (κ2) is 29.5. The maximum absolute atomic E-state index is 13.2. The van der Waals surface area contributed by atoms with Crippen LogP contribution in [0.4, 0.5) is 0 Å².